The number of anilines is 2. The first kappa shape index (κ1) is 15.6. The van der Waals surface area contributed by atoms with Gasteiger partial charge in [0.25, 0.3) is 5.91 Å². The number of rotatable bonds is 3. The molecule has 0 bridgehead atoms. The number of hydrogen-bond acceptors (Lipinski definition) is 2. The van der Waals surface area contributed by atoms with E-state index in [-0.39, 0.29) is 5.91 Å². The minimum Gasteiger partial charge on any atom is -0.377 e. The summed E-state index contributed by atoms with van der Waals surface area (Å²) in [5, 5.41) is 2.95. The zero-order valence-corrected chi connectivity index (χ0v) is 14.3. The van der Waals surface area contributed by atoms with Gasteiger partial charge in [-0.2, -0.15) is 0 Å². The van der Waals surface area contributed by atoms with Crippen molar-refractivity contribution in [3.8, 4) is 0 Å². The maximum atomic E-state index is 12.4. The summed E-state index contributed by atoms with van der Waals surface area (Å²) in [5.74, 6) is -0.112. The highest BCUT2D eigenvalue weighted by Crippen LogP contribution is 2.24. The van der Waals surface area contributed by atoms with Gasteiger partial charge in [-0.3, -0.25) is 4.79 Å². The lowest BCUT2D eigenvalue weighted by molar-refractivity contribution is 0.102. The molecule has 2 aromatic carbocycles. The van der Waals surface area contributed by atoms with Crippen LogP contribution in [-0.2, 0) is 0 Å². The van der Waals surface area contributed by atoms with Gasteiger partial charge in [-0.25, -0.2) is 0 Å². The molecule has 1 amide bonds. The Morgan fingerprint density at radius 2 is 1.81 bits per heavy atom. The summed E-state index contributed by atoms with van der Waals surface area (Å²) in [6.45, 7) is 4.03. The van der Waals surface area contributed by atoms with E-state index >= 15 is 0 Å². The number of nitrogens with zero attached hydrogens (tertiary/aromatic N) is 1. The Bertz CT molecular complexity index is 680. The van der Waals surface area contributed by atoms with Crippen LogP contribution in [-0.4, -0.2) is 20.0 Å². The molecule has 3 nitrogen and oxygen atoms in total. The van der Waals surface area contributed by atoms with Crippen molar-refractivity contribution in [2.24, 2.45) is 0 Å². The number of aryl methyl sites for hydroxylation is 2. The molecule has 0 saturated heterocycles. The molecule has 0 fully saturated rings. The Labute approximate surface area is 134 Å². The van der Waals surface area contributed by atoms with Gasteiger partial charge in [0, 0.05) is 29.9 Å². The third-order valence-electron chi connectivity index (χ3n) is 3.32. The Balaban J connectivity index is 2.27. The van der Waals surface area contributed by atoms with E-state index in [1.807, 2.05) is 62.3 Å². The molecule has 4 heteroatoms. The molecule has 0 spiro atoms. The molecule has 0 aliphatic heterocycles. The van der Waals surface area contributed by atoms with Gasteiger partial charge >= 0.3 is 0 Å². The zero-order chi connectivity index (χ0) is 15.6. The van der Waals surface area contributed by atoms with E-state index in [1.54, 1.807) is 0 Å². The molecule has 0 aromatic heterocycles. The summed E-state index contributed by atoms with van der Waals surface area (Å²) >= 11 is 3.42. The Morgan fingerprint density at radius 1 is 1.10 bits per heavy atom. The Hall–Kier alpha value is -1.81. The van der Waals surface area contributed by atoms with Gasteiger partial charge in [0.15, 0.2) is 0 Å². The second-order valence-corrected chi connectivity index (χ2v) is 6.19. The maximum Gasteiger partial charge on any atom is 0.256 e. The number of nitrogens with one attached hydrogen (secondary N) is 1. The number of hydrogen-bond donors (Lipinski definition) is 1. The van der Waals surface area contributed by atoms with Crippen molar-refractivity contribution in [1.29, 1.82) is 0 Å². The predicted molar refractivity (Wildman–Crippen MR) is 92.3 cm³/mol. The summed E-state index contributed by atoms with van der Waals surface area (Å²) in [5.41, 5.74) is 4.76. The number of carbonyl (C=O) groups is 1. The van der Waals surface area contributed by atoms with Crippen LogP contribution >= 0.6 is 15.9 Å². The lowest BCUT2D eigenvalue weighted by atomic mass is 10.1. The van der Waals surface area contributed by atoms with E-state index in [1.165, 1.54) is 5.56 Å². The molecule has 0 saturated carbocycles. The third-order valence-corrected chi connectivity index (χ3v) is 4.01. The average Bonchev–Trinajstić information content (AvgIpc) is 2.43. The normalized spacial score (nSPS) is 10.3. The first-order chi connectivity index (χ1) is 9.88. The molecule has 110 valence electrons. The van der Waals surface area contributed by atoms with Crippen molar-refractivity contribution < 1.29 is 4.79 Å². The molecule has 2 aromatic rings. The van der Waals surface area contributed by atoms with E-state index in [0.717, 1.165) is 21.4 Å². The summed E-state index contributed by atoms with van der Waals surface area (Å²) in [4.78, 5) is 14.4. The lowest BCUT2D eigenvalue weighted by Gasteiger charge is -2.17. The second kappa shape index (κ2) is 6.31. The smallest absolute Gasteiger partial charge is 0.256 e. The van der Waals surface area contributed by atoms with Crippen LogP contribution in [0.15, 0.2) is 40.9 Å². The van der Waals surface area contributed by atoms with Crippen LogP contribution in [0.2, 0.25) is 0 Å². The molecule has 0 radical (unpaired) electrons. The molecular weight excluding hydrogens is 328 g/mol. The van der Waals surface area contributed by atoms with Gasteiger partial charge in [-0.05, 0) is 59.6 Å². The van der Waals surface area contributed by atoms with E-state index in [0.29, 0.717) is 5.56 Å². The molecule has 0 unspecified atom stereocenters. The van der Waals surface area contributed by atoms with E-state index < -0.39 is 0 Å². The van der Waals surface area contributed by atoms with Gasteiger partial charge in [0.1, 0.15) is 0 Å². The van der Waals surface area contributed by atoms with Crippen LogP contribution in [0.5, 0.6) is 0 Å². The van der Waals surface area contributed by atoms with Gasteiger partial charge < -0.3 is 10.2 Å². The Morgan fingerprint density at radius 3 is 2.48 bits per heavy atom. The molecule has 1 N–H and O–H groups in total. The van der Waals surface area contributed by atoms with Crippen LogP contribution in [0.25, 0.3) is 0 Å². The molecular formula is C17H19BrN2O. The number of amides is 1. The minimum atomic E-state index is -0.112. The van der Waals surface area contributed by atoms with Crippen molar-refractivity contribution in [1.82, 2.24) is 0 Å². The summed E-state index contributed by atoms with van der Waals surface area (Å²) in [7, 11) is 3.98. The van der Waals surface area contributed by atoms with Crippen molar-refractivity contribution in [2.45, 2.75) is 13.8 Å². The van der Waals surface area contributed by atoms with Gasteiger partial charge in [0.2, 0.25) is 0 Å². The summed E-state index contributed by atoms with van der Waals surface area (Å²) in [6, 6.07) is 11.7. The number of halogens is 1. The first-order valence-corrected chi connectivity index (χ1v) is 7.53. The number of carbonyl (C=O) groups excluding carboxylic acids is 1. The van der Waals surface area contributed by atoms with Crippen LogP contribution in [0.4, 0.5) is 11.4 Å². The van der Waals surface area contributed by atoms with E-state index in [4.69, 9.17) is 0 Å². The van der Waals surface area contributed by atoms with Crippen LogP contribution < -0.4 is 10.2 Å². The van der Waals surface area contributed by atoms with E-state index in [9.17, 15) is 4.79 Å². The second-order valence-electron chi connectivity index (χ2n) is 5.33. The lowest BCUT2D eigenvalue weighted by Crippen LogP contribution is -2.14. The first-order valence-electron chi connectivity index (χ1n) is 6.74. The highest BCUT2D eigenvalue weighted by atomic mass is 79.9. The molecule has 0 heterocycles. The maximum absolute atomic E-state index is 12.4. The van der Waals surface area contributed by atoms with Gasteiger partial charge in [-0.15, -0.1) is 0 Å². The van der Waals surface area contributed by atoms with Crippen LogP contribution in [0.3, 0.4) is 0 Å². The average molecular weight is 347 g/mol. The molecule has 0 atom stereocenters. The SMILES string of the molecule is Cc1ccc(Br)c(C(=O)Nc2ccc(C)c(N(C)C)c2)c1. The fourth-order valence-corrected chi connectivity index (χ4v) is 2.61. The van der Waals surface area contributed by atoms with Crippen LogP contribution in [0.1, 0.15) is 21.5 Å². The largest absolute Gasteiger partial charge is 0.377 e. The van der Waals surface area contributed by atoms with Crippen molar-refractivity contribution in [2.75, 3.05) is 24.3 Å². The highest BCUT2D eigenvalue weighted by Gasteiger charge is 2.11. The fourth-order valence-electron chi connectivity index (χ4n) is 2.18. The quantitative estimate of drug-likeness (QED) is 0.893. The van der Waals surface area contributed by atoms with Crippen molar-refractivity contribution >= 4 is 33.2 Å². The van der Waals surface area contributed by atoms with Crippen LogP contribution in [0, 0.1) is 13.8 Å². The highest BCUT2D eigenvalue weighted by molar-refractivity contribution is 9.10. The van der Waals surface area contributed by atoms with Gasteiger partial charge in [0.05, 0.1) is 5.56 Å². The zero-order valence-electron chi connectivity index (χ0n) is 12.7. The number of benzene rings is 2. The van der Waals surface area contributed by atoms with Crippen molar-refractivity contribution in [3.05, 3.63) is 57.6 Å². The Kier molecular flexibility index (Phi) is 4.68. The molecule has 0 aliphatic carbocycles. The monoisotopic (exact) mass is 346 g/mol. The minimum absolute atomic E-state index is 0.112. The molecule has 2 rings (SSSR count). The topological polar surface area (TPSA) is 32.3 Å². The summed E-state index contributed by atoms with van der Waals surface area (Å²) < 4.78 is 0.797. The predicted octanol–water partition coefficient (Wildman–Crippen LogP) is 4.38. The standard InChI is InChI=1S/C17H19BrN2O/c1-11-5-8-15(18)14(9-11)17(21)19-13-7-6-12(2)16(10-13)20(3)4/h5-10H,1-4H3,(H,19,21). The van der Waals surface area contributed by atoms with E-state index in [2.05, 4.69) is 28.2 Å². The fraction of sp³-hybridized carbons (Fsp3) is 0.235. The van der Waals surface area contributed by atoms with Crippen molar-refractivity contribution in [3.63, 3.8) is 0 Å². The summed E-state index contributed by atoms with van der Waals surface area (Å²) in [6.07, 6.45) is 0. The van der Waals surface area contributed by atoms with Gasteiger partial charge in [-0.1, -0.05) is 17.7 Å². The molecule has 0 aliphatic rings. The molecule has 21 heavy (non-hydrogen) atoms. The third kappa shape index (κ3) is 3.64.